The first-order valence-electron chi connectivity index (χ1n) is 7.38. The molecule has 6 heteroatoms. The van der Waals surface area contributed by atoms with Crippen molar-refractivity contribution in [2.75, 3.05) is 6.54 Å². The largest absolute Gasteiger partial charge is 0.391 e. The number of aromatic amines is 1. The fourth-order valence-corrected chi connectivity index (χ4v) is 2.95. The maximum absolute atomic E-state index is 13.9. The average Bonchev–Trinajstić information content (AvgIpc) is 3.05. The molecule has 2 aromatic rings. The molecule has 1 saturated heterocycles. The van der Waals surface area contributed by atoms with E-state index in [0.29, 0.717) is 30.6 Å². The van der Waals surface area contributed by atoms with E-state index in [-0.39, 0.29) is 11.7 Å². The second kappa shape index (κ2) is 6.27. The van der Waals surface area contributed by atoms with Gasteiger partial charge >= 0.3 is 0 Å². The number of halogens is 1. The monoisotopic (exact) mass is 303 g/mol. The summed E-state index contributed by atoms with van der Waals surface area (Å²) in [5.41, 5.74) is 0.892. The van der Waals surface area contributed by atoms with Crippen molar-refractivity contribution < 1.29 is 14.3 Å². The van der Waals surface area contributed by atoms with Crippen LogP contribution in [0.5, 0.6) is 0 Å². The fourth-order valence-electron chi connectivity index (χ4n) is 2.95. The third-order valence-corrected chi connectivity index (χ3v) is 4.12. The molecular weight excluding hydrogens is 285 g/mol. The van der Waals surface area contributed by atoms with Gasteiger partial charge in [-0.2, -0.15) is 5.10 Å². The highest BCUT2D eigenvalue weighted by molar-refractivity contribution is 5.92. The molecule has 0 bridgehead atoms. The number of H-pyrrole nitrogens is 1. The first-order valence-corrected chi connectivity index (χ1v) is 7.38. The minimum atomic E-state index is -0.653. The number of aromatic nitrogens is 2. The van der Waals surface area contributed by atoms with E-state index in [1.165, 1.54) is 12.3 Å². The van der Waals surface area contributed by atoms with Gasteiger partial charge in [-0.1, -0.05) is 18.2 Å². The normalized spacial score (nSPS) is 21.8. The highest BCUT2D eigenvalue weighted by Gasteiger charge is 2.34. The van der Waals surface area contributed by atoms with Gasteiger partial charge in [-0.15, -0.1) is 0 Å². The molecule has 0 saturated carbocycles. The van der Waals surface area contributed by atoms with Gasteiger partial charge in [0.1, 0.15) is 11.5 Å². The van der Waals surface area contributed by atoms with E-state index in [4.69, 9.17) is 0 Å². The number of benzene rings is 1. The van der Waals surface area contributed by atoms with Crippen LogP contribution in [0, 0.1) is 5.82 Å². The third kappa shape index (κ3) is 2.87. The van der Waals surface area contributed by atoms with Crippen LogP contribution in [0.15, 0.2) is 36.5 Å². The highest BCUT2D eigenvalue weighted by atomic mass is 19.1. The van der Waals surface area contributed by atoms with Crippen molar-refractivity contribution in [3.05, 3.63) is 53.6 Å². The number of nitrogens with zero attached hydrogens (tertiary/aromatic N) is 2. The van der Waals surface area contributed by atoms with E-state index in [2.05, 4.69) is 10.2 Å². The van der Waals surface area contributed by atoms with Gasteiger partial charge in [0.05, 0.1) is 12.1 Å². The Balaban J connectivity index is 1.84. The van der Waals surface area contributed by atoms with Gasteiger partial charge in [-0.05, 0) is 37.0 Å². The maximum Gasteiger partial charge on any atom is 0.272 e. The van der Waals surface area contributed by atoms with E-state index in [1.807, 2.05) is 0 Å². The summed E-state index contributed by atoms with van der Waals surface area (Å²) in [5.74, 6) is -0.521. The van der Waals surface area contributed by atoms with Crippen molar-refractivity contribution in [2.45, 2.75) is 31.4 Å². The molecule has 2 atom stereocenters. The SMILES string of the molecule is O=C(c1ccn[nH]1)N1CCC[C@H](O)[C@@H]1Cc1ccccc1F. The van der Waals surface area contributed by atoms with Gasteiger partial charge in [-0.25, -0.2) is 4.39 Å². The summed E-state index contributed by atoms with van der Waals surface area (Å²) in [6.45, 7) is 0.550. The molecule has 116 valence electrons. The Kier molecular flexibility index (Phi) is 4.20. The molecule has 2 N–H and O–H groups in total. The van der Waals surface area contributed by atoms with E-state index in [9.17, 15) is 14.3 Å². The van der Waals surface area contributed by atoms with Gasteiger partial charge in [0, 0.05) is 12.7 Å². The molecule has 1 aliphatic heterocycles. The van der Waals surface area contributed by atoms with Crippen LogP contribution in [0.3, 0.4) is 0 Å². The predicted octanol–water partition coefficient (Wildman–Crippen LogP) is 1.76. The second-order valence-electron chi connectivity index (χ2n) is 5.54. The number of amides is 1. The molecule has 0 aliphatic carbocycles. The Morgan fingerprint density at radius 2 is 2.23 bits per heavy atom. The summed E-state index contributed by atoms with van der Waals surface area (Å²) in [6, 6.07) is 7.64. The first-order chi connectivity index (χ1) is 10.7. The van der Waals surface area contributed by atoms with E-state index in [0.717, 1.165) is 6.42 Å². The highest BCUT2D eigenvalue weighted by Crippen LogP contribution is 2.24. The van der Waals surface area contributed by atoms with E-state index < -0.39 is 12.1 Å². The molecule has 0 radical (unpaired) electrons. The van der Waals surface area contributed by atoms with E-state index in [1.54, 1.807) is 29.2 Å². The Morgan fingerprint density at radius 1 is 1.41 bits per heavy atom. The fraction of sp³-hybridized carbons (Fsp3) is 0.375. The standard InChI is InChI=1S/C16H18FN3O2/c17-12-5-2-1-4-11(12)10-14-15(21)6-3-9-20(14)16(22)13-7-8-18-19-13/h1-2,4-5,7-8,14-15,21H,3,6,9-10H2,(H,18,19)/t14-,15-/m0/s1. The number of aliphatic hydroxyl groups is 1. The first kappa shape index (κ1) is 14.7. The summed E-state index contributed by atoms with van der Waals surface area (Å²) in [6.07, 6.45) is 2.51. The average molecular weight is 303 g/mol. The lowest BCUT2D eigenvalue weighted by atomic mass is 9.92. The van der Waals surface area contributed by atoms with Crippen molar-refractivity contribution in [2.24, 2.45) is 0 Å². The third-order valence-electron chi connectivity index (χ3n) is 4.12. The second-order valence-corrected chi connectivity index (χ2v) is 5.54. The predicted molar refractivity (Wildman–Crippen MR) is 78.8 cm³/mol. The van der Waals surface area contributed by atoms with Crippen LogP contribution in [-0.2, 0) is 6.42 Å². The summed E-state index contributed by atoms with van der Waals surface area (Å²) in [4.78, 5) is 14.2. The molecule has 0 spiro atoms. The minimum Gasteiger partial charge on any atom is -0.391 e. The van der Waals surface area contributed by atoms with Crippen LogP contribution in [0.2, 0.25) is 0 Å². The molecular formula is C16H18FN3O2. The molecule has 1 aromatic heterocycles. The molecule has 22 heavy (non-hydrogen) atoms. The van der Waals surface area contributed by atoms with Crippen LogP contribution in [0.4, 0.5) is 4.39 Å². The van der Waals surface area contributed by atoms with Crippen molar-refractivity contribution >= 4 is 5.91 Å². The summed E-state index contributed by atoms with van der Waals surface area (Å²) in [7, 11) is 0. The smallest absolute Gasteiger partial charge is 0.272 e. The number of rotatable bonds is 3. The number of hydrogen-bond donors (Lipinski definition) is 2. The Bertz CT molecular complexity index is 645. The quantitative estimate of drug-likeness (QED) is 0.908. The molecule has 2 heterocycles. The van der Waals surface area contributed by atoms with Gasteiger partial charge in [0.2, 0.25) is 0 Å². The number of hydrogen-bond acceptors (Lipinski definition) is 3. The topological polar surface area (TPSA) is 69.2 Å². The molecule has 1 aromatic carbocycles. The van der Waals surface area contributed by atoms with Crippen LogP contribution < -0.4 is 0 Å². The van der Waals surface area contributed by atoms with Gasteiger partial charge in [0.25, 0.3) is 5.91 Å². The number of carbonyl (C=O) groups is 1. The van der Waals surface area contributed by atoms with Gasteiger partial charge < -0.3 is 10.0 Å². The number of nitrogens with one attached hydrogen (secondary N) is 1. The lowest BCUT2D eigenvalue weighted by Gasteiger charge is -2.39. The van der Waals surface area contributed by atoms with Crippen LogP contribution in [0.25, 0.3) is 0 Å². The van der Waals surface area contributed by atoms with Crippen LogP contribution in [-0.4, -0.2) is 44.8 Å². The lowest BCUT2D eigenvalue weighted by molar-refractivity contribution is 0.0112. The zero-order valence-corrected chi connectivity index (χ0v) is 12.1. The van der Waals surface area contributed by atoms with E-state index >= 15 is 0 Å². The number of piperidine rings is 1. The molecule has 0 unspecified atom stereocenters. The zero-order chi connectivity index (χ0) is 15.5. The van der Waals surface area contributed by atoms with Crippen molar-refractivity contribution in [1.29, 1.82) is 0 Å². The molecule has 1 fully saturated rings. The Hall–Kier alpha value is -2.21. The summed E-state index contributed by atoms with van der Waals surface area (Å²) < 4.78 is 13.9. The van der Waals surface area contributed by atoms with Gasteiger partial charge in [-0.3, -0.25) is 9.89 Å². The molecule has 1 aliphatic rings. The van der Waals surface area contributed by atoms with Crippen molar-refractivity contribution in [3.63, 3.8) is 0 Å². The zero-order valence-electron chi connectivity index (χ0n) is 12.1. The Labute approximate surface area is 127 Å². The van der Waals surface area contributed by atoms with Crippen LogP contribution >= 0.6 is 0 Å². The Morgan fingerprint density at radius 3 is 2.95 bits per heavy atom. The molecule has 5 nitrogen and oxygen atoms in total. The number of aliphatic hydroxyl groups excluding tert-OH is 1. The minimum absolute atomic E-state index is 0.211. The maximum atomic E-state index is 13.9. The number of likely N-dealkylation sites (tertiary alicyclic amines) is 1. The van der Waals surface area contributed by atoms with Gasteiger partial charge in [0.15, 0.2) is 0 Å². The summed E-state index contributed by atoms with van der Waals surface area (Å²) >= 11 is 0. The lowest BCUT2D eigenvalue weighted by Crippen LogP contribution is -2.52. The molecule has 1 amide bonds. The van der Waals surface area contributed by atoms with Crippen molar-refractivity contribution in [3.8, 4) is 0 Å². The summed E-state index contributed by atoms with van der Waals surface area (Å²) in [5, 5.41) is 16.7. The van der Waals surface area contributed by atoms with Crippen LogP contribution in [0.1, 0.15) is 28.9 Å². The molecule has 3 rings (SSSR count). The van der Waals surface area contributed by atoms with Crippen molar-refractivity contribution in [1.82, 2.24) is 15.1 Å². The number of carbonyl (C=O) groups excluding carboxylic acids is 1.